The fraction of sp³-hybridized carbons (Fsp3) is 0.542. The van der Waals surface area contributed by atoms with Gasteiger partial charge in [-0.15, -0.1) is 0 Å². The molecule has 1 aromatic heterocycles. The van der Waals surface area contributed by atoms with Crippen molar-refractivity contribution in [1.82, 2.24) is 20.2 Å². The van der Waals surface area contributed by atoms with Gasteiger partial charge in [0.25, 0.3) is 0 Å². The summed E-state index contributed by atoms with van der Waals surface area (Å²) in [6.07, 6.45) is 3.43. The third-order valence-corrected chi connectivity index (χ3v) is 6.75. The number of nitrogens with one attached hydrogen (secondary N) is 1. The second kappa shape index (κ2) is 10.1. The first-order chi connectivity index (χ1) is 15.5. The molecule has 0 saturated carbocycles. The van der Waals surface area contributed by atoms with Crippen LogP contribution in [-0.2, 0) is 11.2 Å². The molecule has 1 saturated heterocycles. The van der Waals surface area contributed by atoms with Gasteiger partial charge in [-0.1, -0.05) is 37.6 Å². The van der Waals surface area contributed by atoms with E-state index in [4.69, 9.17) is 11.6 Å². The van der Waals surface area contributed by atoms with E-state index in [0.29, 0.717) is 30.7 Å². The van der Waals surface area contributed by atoms with Crippen LogP contribution >= 0.6 is 11.6 Å². The minimum Gasteiger partial charge on any atom is -0.396 e. The minimum absolute atomic E-state index is 0.109. The smallest absolute Gasteiger partial charge is 0.231 e. The van der Waals surface area contributed by atoms with Crippen molar-refractivity contribution in [3.63, 3.8) is 0 Å². The summed E-state index contributed by atoms with van der Waals surface area (Å²) in [6, 6.07) is 7.88. The Labute approximate surface area is 194 Å². The Balaban J connectivity index is 1.46. The molecule has 2 aromatic rings. The molecule has 0 unspecified atom stereocenters. The maximum absolute atomic E-state index is 13.5. The molecule has 32 heavy (non-hydrogen) atoms. The highest BCUT2D eigenvalue weighted by Gasteiger charge is 2.33. The van der Waals surface area contributed by atoms with E-state index in [9.17, 15) is 9.90 Å². The zero-order valence-electron chi connectivity index (χ0n) is 18.8. The van der Waals surface area contributed by atoms with Crippen molar-refractivity contribution in [3.8, 4) is 0 Å². The van der Waals surface area contributed by atoms with E-state index in [2.05, 4.69) is 34.0 Å². The third-order valence-electron chi connectivity index (χ3n) is 6.50. The maximum atomic E-state index is 13.5. The Morgan fingerprint density at radius 2 is 1.91 bits per heavy atom. The molecule has 1 fully saturated rings. The lowest BCUT2D eigenvalue weighted by molar-refractivity contribution is -0.133. The van der Waals surface area contributed by atoms with E-state index in [0.717, 1.165) is 48.6 Å². The van der Waals surface area contributed by atoms with E-state index < -0.39 is 0 Å². The first kappa shape index (κ1) is 23.0. The summed E-state index contributed by atoms with van der Waals surface area (Å²) >= 11 is 6.06. The summed E-state index contributed by atoms with van der Waals surface area (Å²) in [7, 11) is 0. The SMILES string of the molecule is CC(C)NC[C@@H](C(=O)N1CCN(c2ncnc3c2[C@H](CO)CC3)CC1)c1ccc(Cl)cc1. The number of benzene rings is 1. The number of rotatable bonds is 7. The fourth-order valence-corrected chi connectivity index (χ4v) is 4.81. The van der Waals surface area contributed by atoms with Crippen LogP contribution in [0.4, 0.5) is 5.82 Å². The summed E-state index contributed by atoms with van der Waals surface area (Å²) in [5.41, 5.74) is 3.12. The standard InChI is InChI=1S/C24H32ClN5O2/c1-16(2)26-13-20(17-3-6-19(25)7-4-17)24(32)30-11-9-29(10-12-30)23-22-18(14-31)5-8-21(22)27-15-28-23/h3-4,6-7,15-16,18,20,26,31H,5,8-14H2,1-2H3/t18-,20+/m0/s1. The number of carbonyl (C=O) groups excluding carboxylic acids is 1. The number of aryl methyl sites for hydroxylation is 1. The van der Waals surface area contributed by atoms with Crippen LogP contribution in [0.5, 0.6) is 0 Å². The zero-order chi connectivity index (χ0) is 22.7. The van der Waals surface area contributed by atoms with E-state index in [1.165, 1.54) is 0 Å². The lowest BCUT2D eigenvalue weighted by atomic mass is 9.96. The number of aliphatic hydroxyl groups is 1. The second-order valence-electron chi connectivity index (χ2n) is 8.96. The highest BCUT2D eigenvalue weighted by molar-refractivity contribution is 6.30. The van der Waals surface area contributed by atoms with Gasteiger partial charge in [-0.25, -0.2) is 9.97 Å². The second-order valence-corrected chi connectivity index (χ2v) is 9.39. The van der Waals surface area contributed by atoms with Gasteiger partial charge in [0.1, 0.15) is 12.1 Å². The van der Waals surface area contributed by atoms with Gasteiger partial charge in [0.05, 0.1) is 12.5 Å². The quantitative estimate of drug-likeness (QED) is 0.665. The molecule has 1 aliphatic heterocycles. The number of anilines is 1. The molecule has 2 atom stereocenters. The van der Waals surface area contributed by atoms with E-state index in [1.54, 1.807) is 6.33 Å². The molecular weight excluding hydrogens is 426 g/mol. The lowest BCUT2D eigenvalue weighted by Gasteiger charge is -2.38. The van der Waals surface area contributed by atoms with Gasteiger partial charge >= 0.3 is 0 Å². The predicted octanol–water partition coefficient (Wildman–Crippen LogP) is 2.58. The monoisotopic (exact) mass is 457 g/mol. The Morgan fingerprint density at radius 1 is 1.19 bits per heavy atom. The molecule has 2 heterocycles. The number of amides is 1. The summed E-state index contributed by atoms with van der Waals surface area (Å²) < 4.78 is 0. The van der Waals surface area contributed by atoms with Crippen LogP contribution < -0.4 is 10.2 Å². The first-order valence-electron chi connectivity index (χ1n) is 11.4. The predicted molar refractivity (Wildman–Crippen MR) is 126 cm³/mol. The van der Waals surface area contributed by atoms with Gasteiger partial charge in [0, 0.05) is 61.0 Å². The van der Waals surface area contributed by atoms with E-state index in [-0.39, 0.29) is 24.3 Å². The molecule has 0 radical (unpaired) electrons. The zero-order valence-corrected chi connectivity index (χ0v) is 19.6. The van der Waals surface area contributed by atoms with Crippen molar-refractivity contribution in [2.45, 2.75) is 44.6 Å². The number of hydrogen-bond donors (Lipinski definition) is 2. The molecule has 1 amide bonds. The molecule has 0 bridgehead atoms. The van der Waals surface area contributed by atoms with Gasteiger partial charge < -0.3 is 20.2 Å². The largest absolute Gasteiger partial charge is 0.396 e. The fourth-order valence-electron chi connectivity index (χ4n) is 4.68. The molecular formula is C24H32ClN5O2. The van der Waals surface area contributed by atoms with E-state index >= 15 is 0 Å². The average molecular weight is 458 g/mol. The van der Waals surface area contributed by atoms with Gasteiger partial charge in [-0.3, -0.25) is 4.79 Å². The van der Waals surface area contributed by atoms with Crippen molar-refractivity contribution in [2.75, 3.05) is 44.2 Å². The summed E-state index contributed by atoms with van der Waals surface area (Å²) in [5.74, 6) is 0.927. The first-order valence-corrected chi connectivity index (χ1v) is 11.8. The summed E-state index contributed by atoms with van der Waals surface area (Å²) in [6.45, 7) is 7.62. The Morgan fingerprint density at radius 3 is 2.56 bits per heavy atom. The van der Waals surface area contributed by atoms with Crippen molar-refractivity contribution < 1.29 is 9.90 Å². The Hall–Kier alpha value is -2.22. The van der Waals surface area contributed by atoms with Crippen molar-refractivity contribution >= 4 is 23.3 Å². The highest BCUT2D eigenvalue weighted by Crippen LogP contribution is 2.37. The number of aliphatic hydroxyl groups excluding tert-OH is 1. The van der Waals surface area contributed by atoms with Gasteiger partial charge in [-0.2, -0.15) is 0 Å². The van der Waals surface area contributed by atoms with Crippen LogP contribution in [0.2, 0.25) is 5.02 Å². The van der Waals surface area contributed by atoms with Gasteiger partial charge in [0.2, 0.25) is 5.91 Å². The number of carbonyl (C=O) groups is 1. The van der Waals surface area contributed by atoms with Crippen LogP contribution in [0.15, 0.2) is 30.6 Å². The molecule has 2 N–H and O–H groups in total. The molecule has 7 nitrogen and oxygen atoms in total. The normalized spacial score (nSPS) is 19.3. The Bertz CT molecular complexity index is 928. The lowest BCUT2D eigenvalue weighted by Crippen LogP contribution is -2.51. The summed E-state index contributed by atoms with van der Waals surface area (Å²) in [5, 5.41) is 13.9. The van der Waals surface area contributed by atoms with Crippen molar-refractivity contribution in [3.05, 3.63) is 52.4 Å². The van der Waals surface area contributed by atoms with Crippen LogP contribution in [0.3, 0.4) is 0 Å². The summed E-state index contributed by atoms with van der Waals surface area (Å²) in [4.78, 5) is 26.7. The number of fused-ring (bicyclic) bond motifs is 1. The van der Waals surface area contributed by atoms with Crippen LogP contribution in [-0.4, -0.2) is 71.3 Å². The molecule has 1 aromatic carbocycles. The average Bonchev–Trinajstić information content (AvgIpc) is 3.23. The highest BCUT2D eigenvalue weighted by atomic mass is 35.5. The minimum atomic E-state index is -0.247. The topological polar surface area (TPSA) is 81.6 Å². The number of halogens is 1. The van der Waals surface area contributed by atoms with Crippen molar-refractivity contribution in [1.29, 1.82) is 0 Å². The maximum Gasteiger partial charge on any atom is 0.231 e. The number of nitrogens with zero attached hydrogens (tertiary/aromatic N) is 4. The van der Waals surface area contributed by atoms with E-state index in [1.807, 2.05) is 29.2 Å². The molecule has 1 aliphatic carbocycles. The number of aromatic nitrogens is 2. The van der Waals surface area contributed by atoms with Crippen molar-refractivity contribution in [2.24, 2.45) is 0 Å². The number of hydrogen-bond acceptors (Lipinski definition) is 6. The van der Waals surface area contributed by atoms with Crippen LogP contribution in [0.25, 0.3) is 0 Å². The molecule has 2 aliphatic rings. The van der Waals surface area contributed by atoms with Gasteiger partial charge in [0.15, 0.2) is 0 Å². The van der Waals surface area contributed by atoms with Gasteiger partial charge in [-0.05, 0) is 30.5 Å². The Kier molecular flexibility index (Phi) is 7.28. The van der Waals surface area contributed by atoms with Crippen LogP contribution in [0.1, 0.15) is 48.9 Å². The van der Waals surface area contributed by atoms with Crippen LogP contribution in [0, 0.1) is 0 Å². The molecule has 4 rings (SSSR count). The molecule has 0 spiro atoms. The third kappa shape index (κ3) is 4.90. The molecule has 172 valence electrons. The molecule has 8 heteroatoms. The number of piperazine rings is 1.